The molecule has 0 aliphatic carbocycles. The smallest absolute Gasteiger partial charge is 0.244 e. The first-order chi connectivity index (χ1) is 7.42. The lowest BCUT2D eigenvalue weighted by Gasteiger charge is -2.14. The monoisotopic (exact) mass is 245 g/mol. The zero-order chi connectivity index (χ0) is 12.3. The molecule has 1 aromatic rings. The minimum atomic E-state index is -3.43. The molecular formula is C10H19N3O2S. The Kier molecular flexibility index (Phi) is 4.09. The van der Waals surface area contributed by atoms with Gasteiger partial charge in [-0.05, 0) is 19.8 Å². The van der Waals surface area contributed by atoms with E-state index in [0.717, 1.165) is 12.8 Å². The highest BCUT2D eigenvalue weighted by Crippen LogP contribution is 2.14. The van der Waals surface area contributed by atoms with Gasteiger partial charge < -0.3 is 0 Å². The molecule has 16 heavy (non-hydrogen) atoms. The van der Waals surface area contributed by atoms with E-state index in [9.17, 15) is 8.42 Å². The molecule has 1 aromatic heterocycles. The topological polar surface area (TPSA) is 64.0 Å². The van der Waals surface area contributed by atoms with Crippen molar-refractivity contribution in [2.24, 2.45) is 7.05 Å². The first-order valence-electron chi connectivity index (χ1n) is 5.43. The summed E-state index contributed by atoms with van der Waals surface area (Å²) in [4.78, 5) is 0.266. The molecule has 0 fully saturated rings. The first kappa shape index (κ1) is 13.2. The van der Waals surface area contributed by atoms with E-state index >= 15 is 0 Å². The van der Waals surface area contributed by atoms with Crippen LogP contribution in [0.3, 0.4) is 0 Å². The number of nitrogens with one attached hydrogen (secondary N) is 1. The zero-order valence-corrected chi connectivity index (χ0v) is 11.0. The van der Waals surface area contributed by atoms with Crippen molar-refractivity contribution in [2.45, 2.75) is 44.6 Å². The van der Waals surface area contributed by atoms with E-state index in [4.69, 9.17) is 0 Å². The van der Waals surface area contributed by atoms with Crippen LogP contribution in [0, 0.1) is 6.92 Å². The van der Waals surface area contributed by atoms with Crippen molar-refractivity contribution in [2.75, 3.05) is 0 Å². The summed E-state index contributed by atoms with van der Waals surface area (Å²) in [6.45, 7) is 5.67. The van der Waals surface area contributed by atoms with E-state index < -0.39 is 10.0 Å². The van der Waals surface area contributed by atoms with Gasteiger partial charge in [0.15, 0.2) is 0 Å². The molecule has 1 N–H and O–H groups in total. The Labute approximate surface area is 96.9 Å². The van der Waals surface area contributed by atoms with Gasteiger partial charge in [-0.3, -0.25) is 4.68 Å². The average molecular weight is 245 g/mol. The molecule has 0 saturated carbocycles. The number of aromatic nitrogens is 2. The van der Waals surface area contributed by atoms with E-state index in [1.807, 2.05) is 13.8 Å². The normalized spacial score (nSPS) is 12.3. The third-order valence-electron chi connectivity index (χ3n) is 2.79. The van der Waals surface area contributed by atoms with Crippen LogP contribution in [0.15, 0.2) is 11.1 Å². The maximum absolute atomic E-state index is 12.0. The minimum absolute atomic E-state index is 0.00962. The van der Waals surface area contributed by atoms with Crippen LogP contribution in [-0.2, 0) is 17.1 Å². The fraction of sp³-hybridized carbons (Fsp3) is 0.700. The number of rotatable bonds is 5. The second-order valence-corrected chi connectivity index (χ2v) is 5.53. The van der Waals surface area contributed by atoms with Crippen LogP contribution in [0.2, 0.25) is 0 Å². The van der Waals surface area contributed by atoms with Crippen molar-refractivity contribution >= 4 is 10.0 Å². The van der Waals surface area contributed by atoms with Crippen molar-refractivity contribution in [3.8, 4) is 0 Å². The summed E-state index contributed by atoms with van der Waals surface area (Å²) < 4.78 is 28.3. The highest BCUT2D eigenvalue weighted by atomic mass is 32.2. The predicted octanol–water partition coefficient (Wildman–Crippen LogP) is 1.20. The van der Waals surface area contributed by atoms with E-state index in [-0.39, 0.29) is 10.9 Å². The Morgan fingerprint density at radius 2 is 2.00 bits per heavy atom. The Balaban J connectivity index is 2.99. The molecule has 5 nitrogen and oxygen atoms in total. The van der Waals surface area contributed by atoms with Gasteiger partial charge in [0.1, 0.15) is 4.90 Å². The van der Waals surface area contributed by atoms with Gasteiger partial charge in [0.25, 0.3) is 0 Å². The zero-order valence-electron chi connectivity index (χ0n) is 10.2. The van der Waals surface area contributed by atoms with Gasteiger partial charge in [-0.25, -0.2) is 13.1 Å². The van der Waals surface area contributed by atoms with E-state index in [1.165, 1.54) is 6.20 Å². The summed E-state index contributed by atoms with van der Waals surface area (Å²) >= 11 is 0. The van der Waals surface area contributed by atoms with Crippen LogP contribution in [0.5, 0.6) is 0 Å². The van der Waals surface area contributed by atoms with Crippen molar-refractivity contribution in [1.29, 1.82) is 0 Å². The molecule has 0 aliphatic rings. The van der Waals surface area contributed by atoms with Crippen LogP contribution in [-0.4, -0.2) is 24.2 Å². The number of hydrogen-bond acceptors (Lipinski definition) is 3. The summed E-state index contributed by atoms with van der Waals surface area (Å²) in [5, 5.41) is 3.94. The third-order valence-corrected chi connectivity index (χ3v) is 4.41. The number of nitrogens with zero attached hydrogens (tertiary/aromatic N) is 2. The summed E-state index contributed by atoms with van der Waals surface area (Å²) in [6.07, 6.45) is 2.96. The van der Waals surface area contributed by atoms with Crippen molar-refractivity contribution < 1.29 is 8.42 Å². The van der Waals surface area contributed by atoms with Crippen LogP contribution in [0.25, 0.3) is 0 Å². The molecule has 0 saturated heterocycles. The summed E-state index contributed by atoms with van der Waals surface area (Å²) in [5.74, 6) is 0. The highest BCUT2D eigenvalue weighted by molar-refractivity contribution is 7.89. The molecule has 0 spiro atoms. The molecule has 92 valence electrons. The lowest BCUT2D eigenvalue weighted by molar-refractivity contribution is 0.529. The predicted molar refractivity (Wildman–Crippen MR) is 62.6 cm³/mol. The molecule has 0 bridgehead atoms. The van der Waals surface area contributed by atoms with Crippen LogP contribution in [0.4, 0.5) is 0 Å². The molecule has 6 heteroatoms. The number of hydrogen-bond donors (Lipinski definition) is 1. The quantitative estimate of drug-likeness (QED) is 0.847. The molecule has 0 aromatic carbocycles. The van der Waals surface area contributed by atoms with Gasteiger partial charge in [0.05, 0.1) is 11.9 Å². The first-order valence-corrected chi connectivity index (χ1v) is 6.91. The highest BCUT2D eigenvalue weighted by Gasteiger charge is 2.22. The maximum Gasteiger partial charge on any atom is 0.244 e. The van der Waals surface area contributed by atoms with E-state index in [1.54, 1.807) is 18.7 Å². The van der Waals surface area contributed by atoms with Gasteiger partial charge in [0.2, 0.25) is 10.0 Å². The molecule has 0 atom stereocenters. The standard InChI is InChI=1S/C10H19N3O2S/c1-5-9(6-2)12-16(14,15)10-7-11-13(4)8(10)3/h7,9,12H,5-6H2,1-4H3. The Bertz CT molecular complexity index is 447. The number of sulfonamides is 1. The fourth-order valence-corrected chi connectivity index (χ4v) is 3.09. The van der Waals surface area contributed by atoms with Gasteiger partial charge >= 0.3 is 0 Å². The SMILES string of the molecule is CCC(CC)NS(=O)(=O)c1cnn(C)c1C. The molecule has 0 aliphatic heterocycles. The Morgan fingerprint density at radius 1 is 1.44 bits per heavy atom. The molecule has 1 rings (SSSR count). The fourth-order valence-electron chi connectivity index (χ4n) is 1.48. The lowest BCUT2D eigenvalue weighted by Crippen LogP contribution is -2.34. The van der Waals surface area contributed by atoms with Crippen LogP contribution in [0.1, 0.15) is 32.4 Å². The third kappa shape index (κ3) is 2.62. The minimum Gasteiger partial charge on any atom is -0.272 e. The molecule has 0 unspecified atom stereocenters. The van der Waals surface area contributed by atoms with Crippen LogP contribution >= 0.6 is 0 Å². The van der Waals surface area contributed by atoms with Crippen molar-refractivity contribution in [3.05, 3.63) is 11.9 Å². The number of aryl methyl sites for hydroxylation is 1. The van der Waals surface area contributed by atoms with Gasteiger partial charge in [0, 0.05) is 13.1 Å². The van der Waals surface area contributed by atoms with Gasteiger partial charge in [-0.1, -0.05) is 13.8 Å². The summed E-state index contributed by atoms with van der Waals surface area (Å²) in [5.41, 5.74) is 0.651. The van der Waals surface area contributed by atoms with Crippen molar-refractivity contribution in [1.82, 2.24) is 14.5 Å². The van der Waals surface area contributed by atoms with Gasteiger partial charge in [-0.2, -0.15) is 5.10 Å². The Hall–Kier alpha value is -0.880. The summed E-state index contributed by atoms with van der Waals surface area (Å²) in [6, 6.07) is -0.00962. The second-order valence-electron chi connectivity index (χ2n) is 3.85. The van der Waals surface area contributed by atoms with E-state index in [0.29, 0.717) is 5.69 Å². The Morgan fingerprint density at radius 3 is 2.38 bits per heavy atom. The largest absolute Gasteiger partial charge is 0.272 e. The molecule has 0 amide bonds. The van der Waals surface area contributed by atoms with Gasteiger partial charge in [-0.15, -0.1) is 0 Å². The van der Waals surface area contributed by atoms with E-state index in [2.05, 4.69) is 9.82 Å². The lowest BCUT2D eigenvalue weighted by atomic mass is 10.2. The van der Waals surface area contributed by atoms with Crippen LogP contribution < -0.4 is 4.72 Å². The molecule has 0 radical (unpaired) electrons. The molecular weight excluding hydrogens is 226 g/mol. The molecule has 1 heterocycles. The maximum atomic E-state index is 12.0. The average Bonchev–Trinajstić information content (AvgIpc) is 2.57. The summed E-state index contributed by atoms with van der Waals surface area (Å²) in [7, 11) is -1.70. The second kappa shape index (κ2) is 4.97. The van der Waals surface area contributed by atoms with Crippen molar-refractivity contribution in [3.63, 3.8) is 0 Å².